The molecule has 0 fully saturated rings. The molecule has 7 heteroatoms. The van der Waals surface area contributed by atoms with Gasteiger partial charge in [0.1, 0.15) is 12.1 Å². The summed E-state index contributed by atoms with van der Waals surface area (Å²) in [6.45, 7) is 4.96. The number of anilines is 1. The Balaban J connectivity index is 2.22. The van der Waals surface area contributed by atoms with E-state index in [0.717, 1.165) is 24.9 Å². The predicted octanol–water partition coefficient (Wildman–Crippen LogP) is 1.72. The zero-order valence-electron chi connectivity index (χ0n) is 11.1. The summed E-state index contributed by atoms with van der Waals surface area (Å²) < 4.78 is 7.58. The molecule has 0 aliphatic heterocycles. The fraction of sp³-hybridized carbons (Fsp3) is 0.417. The van der Waals surface area contributed by atoms with Crippen molar-refractivity contribution in [1.29, 1.82) is 0 Å². The lowest BCUT2D eigenvalue weighted by atomic mass is 10.2. The summed E-state index contributed by atoms with van der Waals surface area (Å²) in [5.74, 6) is 7.16. The van der Waals surface area contributed by atoms with Crippen LogP contribution in [0.1, 0.15) is 25.8 Å². The van der Waals surface area contributed by atoms with Crippen molar-refractivity contribution in [2.45, 2.75) is 33.2 Å². The number of hydrogen-bond acceptors (Lipinski definition) is 6. The normalized spacial score (nSPS) is 10.5. The number of hydrogen-bond donors (Lipinski definition) is 2. The Morgan fingerprint density at radius 1 is 1.37 bits per heavy atom. The van der Waals surface area contributed by atoms with E-state index in [1.54, 1.807) is 6.20 Å². The summed E-state index contributed by atoms with van der Waals surface area (Å²) in [7, 11) is 0. The number of aromatic nitrogens is 4. The molecule has 0 saturated carbocycles. The topological polar surface area (TPSA) is 90.9 Å². The maximum atomic E-state index is 5.74. The van der Waals surface area contributed by atoms with Crippen LogP contribution in [0.2, 0.25) is 0 Å². The van der Waals surface area contributed by atoms with Crippen LogP contribution in [0.25, 0.3) is 0 Å². The van der Waals surface area contributed by atoms with E-state index in [2.05, 4.69) is 27.4 Å². The first-order chi connectivity index (χ1) is 9.28. The summed E-state index contributed by atoms with van der Waals surface area (Å²) >= 11 is 0. The molecular weight excluding hydrogens is 244 g/mol. The van der Waals surface area contributed by atoms with Crippen LogP contribution in [0, 0.1) is 0 Å². The molecule has 0 aliphatic rings. The third-order valence-corrected chi connectivity index (χ3v) is 2.67. The van der Waals surface area contributed by atoms with Crippen LogP contribution in [-0.4, -0.2) is 19.7 Å². The van der Waals surface area contributed by atoms with E-state index in [9.17, 15) is 0 Å². The van der Waals surface area contributed by atoms with Crippen LogP contribution in [-0.2, 0) is 13.0 Å². The summed E-state index contributed by atoms with van der Waals surface area (Å²) in [5, 5.41) is 4.21. The largest absolute Gasteiger partial charge is 0.435 e. The fourth-order valence-corrected chi connectivity index (χ4v) is 1.79. The lowest BCUT2D eigenvalue weighted by Crippen LogP contribution is -2.12. The number of nitrogens with two attached hydrogens (primary N) is 1. The molecule has 2 aromatic rings. The highest BCUT2D eigenvalue weighted by Crippen LogP contribution is 2.26. The van der Waals surface area contributed by atoms with Crippen molar-refractivity contribution in [3.63, 3.8) is 0 Å². The number of ether oxygens (including phenoxy) is 1. The number of hydrazine groups is 1. The van der Waals surface area contributed by atoms with Crippen molar-refractivity contribution in [2.24, 2.45) is 5.84 Å². The molecule has 0 aliphatic carbocycles. The number of nitrogen functional groups attached to an aromatic ring is 1. The minimum absolute atomic E-state index is 0.501. The van der Waals surface area contributed by atoms with Gasteiger partial charge in [-0.1, -0.05) is 13.8 Å². The van der Waals surface area contributed by atoms with Gasteiger partial charge in [0, 0.05) is 6.54 Å². The van der Waals surface area contributed by atoms with Crippen molar-refractivity contribution < 1.29 is 4.74 Å². The summed E-state index contributed by atoms with van der Waals surface area (Å²) in [5.41, 5.74) is 3.39. The molecule has 2 aromatic heterocycles. The molecule has 0 radical (unpaired) electrons. The van der Waals surface area contributed by atoms with Crippen molar-refractivity contribution in [3.8, 4) is 11.6 Å². The second-order valence-electron chi connectivity index (χ2n) is 4.05. The van der Waals surface area contributed by atoms with E-state index >= 15 is 0 Å². The summed E-state index contributed by atoms with van der Waals surface area (Å²) in [6.07, 6.45) is 6.68. The van der Waals surface area contributed by atoms with Gasteiger partial charge in [-0.2, -0.15) is 5.10 Å². The maximum Gasteiger partial charge on any atom is 0.227 e. The highest BCUT2D eigenvalue weighted by Gasteiger charge is 2.11. The Kier molecular flexibility index (Phi) is 4.30. The van der Waals surface area contributed by atoms with Crippen LogP contribution in [0.4, 0.5) is 5.82 Å². The maximum absolute atomic E-state index is 5.74. The van der Waals surface area contributed by atoms with Crippen molar-refractivity contribution >= 4 is 5.82 Å². The fourth-order valence-electron chi connectivity index (χ4n) is 1.79. The van der Waals surface area contributed by atoms with Gasteiger partial charge in [-0.3, -0.25) is 4.68 Å². The van der Waals surface area contributed by atoms with Gasteiger partial charge < -0.3 is 10.2 Å². The van der Waals surface area contributed by atoms with Crippen LogP contribution in [0.5, 0.6) is 11.6 Å². The molecule has 102 valence electrons. The molecule has 2 rings (SSSR count). The highest BCUT2D eigenvalue weighted by molar-refractivity contribution is 5.48. The van der Waals surface area contributed by atoms with Gasteiger partial charge in [0.2, 0.25) is 5.88 Å². The Morgan fingerprint density at radius 2 is 2.21 bits per heavy atom. The summed E-state index contributed by atoms with van der Waals surface area (Å²) in [6, 6.07) is 0. The molecule has 2 heterocycles. The van der Waals surface area contributed by atoms with E-state index in [0.29, 0.717) is 17.4 Å². The average Bonchev–Trinajstić information content (AvgIpc) is 2.86. The highest BCUT2D eigenvalue weighted by atomic mass is 16.5. The number of nitrogens with one attached hydrogen (secondary N) is 1. The minimum atomic E-state index is 0.501. The van der Waals surface area contributed by atoms with E-state index in [1.165, 1.54) is 6.33 Å². The molecule has 0 spiro atoms. The molecule has 0 saturated heterocycles. The van der Waals surface area contributed by atoms with Gasteiger partial charge >= 0.3 is 0 Å². The average molecular weight is 262 g/mol. The quantitative estimate of drug-likeness (QED) is 0.608. The van der Waals surface area contributed by atoms with Gasteiger partial charge in [0.05, 0.1) is 18.0 Å². The molecule has 19 heavy (non-hydrogen) atoms. The van der Waals surface area contributed by atoms with Gasteiger partial charge in [-0.15, -0.1) is 0 Å². The third-order valence-electron chi connectivity index (χ3n) is 2.67. The van der Waals surface area contributed by atoms with Crippen LogP contribution in [0.15, 0.2) is 18.7 Å². The number of rotatable bonds is 6. The standard InChI is InChI=1S/C12H18N6O/c1-3-5-18-7-9(6-16-18)19-12-10(4-2)11(17-13)14-8-15-12/h6-8H,3-5,13H2,1-2H3,(H,14,15,17). The number of aryl methyl sites for hydroxylation is 1. The Hall–Kier alpha value is -2.15. The minimum Gasteiger partial charge on any atom is -0.435 e. The SMILES string of the molecule is CCCn1cc(Oc2ncnc(NN)c2CC)cn1. The zero-order chi connectivity index (χ0) is 13.7. The van der Waals surface area contributed by atoms with E-state index in [-0.39, 0.29) is 0 Å². The molecular formula is C12H18N6O. The first-order valence-electron chi connectivity index (χ1n) is 6.29. The molecule has 0 bridgehead atoms. The van der Waals surface area contributed by atoms with Gasteiger partial charge in [0.25, 0.3) is 0 Å². The van der Waals surface area contributed by atoms with Crippen molar-refractivity contribution in [3.05, 3.63) is 24.3 Å². The first kappa shape index (κ1) is 13.3. The van der Waals surface area contributed by atoms with Crippen molar-refractivity contribution in [2.75, 3.05) is 5.43 Å². The van der Waals surface area contributed by atoms with Crippen LogP contribution in [0.3, 0.4) is 0 Å². The van der Waals surface area contributed by atoms with Crippen LogP contribution >= 0.6 is 0 Å². The van der Waals surface area contributed by atoms with Gasteiger partial charge in [-0.05, 0) is 12.8 Å². The molecule has 3 N–H and O–H groups in total. The van der Waals surface area contributed by atoms with E-state index in [4.69, 9.17) is 10.6 Å². The molecule has 0 atom stereocenters. The van der Waals surface area contributed by atoms with E-state index < -0.39 is 0 Å². The van der Waals surface area contributed by atoms with Crippen molar-refractivity contribution in [1.82, 2.24) is 19.7 Å². The summed E-state index contributed by atoms with van der Waals surface area (Å²) in [4.78, 5) is 8.20. The van der Waals surface area contributed by atoms with E-state index in [1.807, 2.05) is 17.8 Å². The second kappa shape index (κ2) is 6.14. The second-order valence-corrected chi connectivity index (χ2v) is 4.05. The van der Waals surface area contributed by atoms with Gasteiger partial charge in [-0.25, -0.2) is 15.8 Å². The lowest BCUT2D eigenvalue weighted by Gasteiger charge is -2.10. The predicted molar refractivity (Wildman–Crippen MR) is 71.8 cm³/mol. The Morgan fingerprint density at radius 3 is 2.89 bits per heavy atom. The molecule has 7 nitrogen and oxygen atoms in total. The molecule has 0 aromatic carbocycles. The van der Waals surface area contributed by atoms with Crippen LogP contribution < -0.4 is 16.0 Å². The zero-order valence-corrected chi connectivity index (χ0v) is 11.1. The molecule has 0 amide bonds. The molecule has 0 unspecified atom stereocenters. The Labute approximate surface area is 111 Å². The lowest BCUT2D eigenvalue weighted by molar-refractivity contribution is 0.454. The number of nitrogens with zero attached hydrogens (tertiary/aromatic N) is 4. The third kappa shape index (κ3) is 3.00. The monoisotopic (exact) mass is 262 g/mol. The smallest absolute Gasteiger partial charge is 0.227 e. The first-order valence-corrected chi connectivity index (χ1v) is 6.29. The van der Waals surface area contributed by atoms with Gasteiger partial charge in [0.15, 0.2) is 5.75 Å². The Bertz CT molecular complexity index is 539.